The summed E-state index contributed by atoms with van der Waals surface area (Å²) in [7, 11) is 1.69. The first-order valence-electron chi connectivity index (χ1n) is 9.15. The molecule has 6 nitrogen and oxygen atoms in total. The molecule has 3 rings (SSSR count). The van der Waals surface area contributed by atoms with Gasteiger partial charge in [0, 0.05) is 31.6 Å². The fourth-order valence-electron chi connectivity index (χ4n) is 2.75. The Hall–Kier alpha value is -2.53. The maximum atomic E-state index is 8.97. The van der Waals surface area contributed by atoms with Crippen LogP contribution < -0.4 is 4.74 Å². The first kappa shape index (κ1) is 21.2. The Morgan fingerprint density at radius 2 is 2.00 bits per heavy atom. The minimum atomic E-state index is 0.492. The van der Waals surface area contributed by atoms with E-state index in [2.05, 4.69) is 20.8 Å². The third kappa shape index (κ3) is 5.73. The summed E-state index contributed by atoms with van der Waals surface area (Å²) in [4.78, 5) is 0. The summed E-state index contributed by atoms with van der Waals surface area (Å²) in [6.07, 6.45) is 0.844. The normalized spacial score (nSPS) is 10.7. The van der Waals surface area contributed by atoms with E-state index in [0.717, 1.165) is 29.5 Å². The van der Waals surface area contributed by atoms with Gasteiger partial charge in [-0.15, -0.1) is 10.2 Å². The number of hydrogen-bond acceptors (Lipinski definition) is 6. The molecule has 0 atom stereocenters. The average molecular weight is 429 g/mol. The van der Waals surface area contributed by atoms with Crippen molar-refractivity contribution >= 4 is 23.4 Å². The van der Waals surface area contributed by atoms with E-state index < -0.39 is 0 Å². The Kier molecular flexibility index (Phi) is 7.94. The lowest BCUT2D eigenvalue weighted by molar-refractivity contribution is 0.189. The van der Waals surface area contributed by atoms with Gasteiger partial charge in [0.2, 0.25) is 0 Å². The molecule has 0 unspecified atom stereocenters. The van der Waals surface area contributed by atoms with Crippen LogP contribution in [0.5, 0.6) is 5.75 Å². The SMILES string of the molecule is COCCCn1c(SCCOc2cccc(C#N)c2)nnc1-c1ccccc1Cl. The van der Waals surface area contributed by atoms with Gasteiger partial charge in [0.1, 0.15) is 5.75 Å². The summed E-state index contributed by atoms with van der Waals surface area (Å²) in [5, 5.41) is 19.2. The molecular formula is C21H21ClN4O2S. The summed E-state index contributed by atoms with van der Waals surface area (Å²) in [5.74, 6) is 2.13. The second-order valence-electron chi connectivity index (χ2n) is 6.12. The minimum absolute atomic E-state index is 0.492. The number of nitrogens with zero attached hydrogens (tertiary/aromatic N) is 4. The van der Waals surface area contributed by atoms with Crippen molar-refractivity contribution < 1.29 is 9.47 Å². The van der Waals surface area contributed by atoms with Crippen molar-refractivity contribution in [2.75, 3.05) is 26.1 Å². The highest BCUT2D eigenvalue weighted by atomic mass is 35.5. The van der Waals surface area contributed by atoms with E-state index in [0.29, 0.717) is 35.3 Å². The van der Waals surface area contributed by atoms with Crippen molar-refractivity contribution in [3.63, 3.8) is 0 Å². The number of benzene rings is 2. The third-order valence-corrected chi connectivity index (χ3v) is 5.37. The highest BCUT2D eigenvalue weighted by Crippen LogP contribution is 2.29. The van der Waals surface area contributed by atoms with E-state index in [1.807, 2.05) is 36.4 Å². The summed E-state index contributed by atoms with van der Waals surface area (Å²) in [6.45, 7) is 1.88. The number of aromatic nitrogens is 3. The minimum Gasteiger partial charge on any atom is -0.493 e. The number of ether oxygens (including phenoxy) is 2. The van der Waals surface area contributed by atoms with Crippen molar-refractivity contribution in [3.8, 4) is 23.2 Å². The van der Waals surface area contributed by atoms with Crippen LogP contribution in [0.3, 0.4) is 0 Å². The molecule has 0 saturated heterocycles. The molecule has 29 heavy (non-hydrogen) atoms. The van der Waals surface area contributed by atoms with E-state index in [9.17, 15) is 0 Å². The van der Waals surface area contributed by atoms with E-state index in [-0.39, 0.29) is 0 Å². The number of nitriles is 1. The molecule has 0 aliphatic carbocycles. The van der Waals surface area contributed by atoms with Crippen LogP contribution in [0.25, 0.3) is 11.4 Å². The molecular weight excluding hydrogens is 408 g/mol. The zero-order chi connectivity index (χ0) is 20.5. The van der Waals surface area contributed by atoms with Crippen molar-refractivity contribution in [1.29, 1.82) is 5.26 Å². The van der Waals surface area contributed by atoms with Gasteiger partial charge in [0.25, 0.3) is 0 Å². The highest BCUT2D eigenvalue weighted by Gasteiger charge is 2.16. The molecule has 150 valence electrons. The summed E-state index contributed by atoms with van der Waals surface area (Å²) >= 11 is 7.94. The topological polar surface area (TPSA) is 73.0 Å². The lowest BCUT2D eigenvalue weighted by Gasteiger charge is -2.11. The van der Waals surface area contributed by atoms with Crippen molar-refractivity contribution in [3.05, 3.63) is 59.1 Å². The number of halogens is 1. The molecule has 0 spiro atoms. The van der Waals surface area contributed by atoms with Crippen LogP contribution in [0.1, 0.15) is 12.0 Å². The molecule has 0 amide bonds. The van der Waals surface area contributed by atoms with Crippen molar-refractivity contribution in [2.24, 2.45) is 0 Å². The Morgan fingerprint density at radius 3 is 2.79 bits per heavy atom. The maximum absolute atomic E-state index is 8.97. The molecule has 0 N–H and O–H groups in total. The monoisotopic (exact) mass is 428 g/mol. The largest absolute Gasteiger partial charge is 0.493 e. The van der Waals surface area contributed by atoms with Gasteiger partial charge in [0.05, 0.1) is 23.3 Å². The van der Waals surface area contributed by atoms with Crippen LogP contribution in [0.15, 0.2) is 53.7 Å². The van der Waals surface area contributed by atoms with Gasteiger partial charge in [-0.1, -0.05) is 41.6 Å². The average Bonchev–Trinajstić information content (AvgIpc) is 3.14. The zero-order valence-corrected chi connectivity index (χ0v) is 17.6. The number of hydrogen-bond donors (Lipinski definition) is 0. The molecule has 8 heteroatoms. The molecule has 0 radical (unpaired) electrons. The Bertz CT molecular complexity index is 987. The van der Waals surface area contributed by atoms with Crippen LogP contribution in [0.2, 0.25) is 5.02 Å². The summed E-state index contributed by atoms with van der Waals surface area (Å²) < 4.78 is 13.0. The molecule has 0 fully saturated rings. The molecule has 3 aromatic rings. The molecule has 0 saturated carbocycles. The summed E-state index contributed by atoms with van der Waals surface area (Å²) in [5.41, 5.74) is 1.44. The van der Waals surface area contributed by atoms with E-state index in [4.69, 9.17) is 26.3 Å². The fraction of sp³-hybridized carbons (Fsp3) is 0.286. The fourth-order valence-corrected chi connectivity index (χ4v) is 3.76. The Balaban J connectivity index is 1.68. The van der Waals surface area contributed by atoms with Gasteiger partial charge < -0.3 is 14.0 Å². The molecule has 2 aromatic carbocycles. The van der Waals surface area contributed by atoms with E-state index >= 15 is 0 Å². The van der Waals surface area contributed by atoms with Crippen LogP contribution in [0, 0.1) is 11.3 Å². The second kappa shape index (κ2) is 10.9. The van der Waals surface area contributed by atoms with E-state index in [1.165, 1.54) is 0 Å². The zero-order valence-electron chi connectivity index (χ0n) is 16.0. The van der Waals surface area contributed by atoms with Gasteiger partial charge in [-0.3, -0.25) is 0 Å². The highest BCUT2D eigenvalue weighted by molar-refractivity contribution is 7.99. The van der Waals surface area contributed by atoms with Gasteiger partial charge in [-0.05, 0) is 36.8 Å². The van der Waals surface area contributed by atoms with Crippen LogP contribution in [0.4, 0.5) is 0 Å². The van der Waals surface area contributed by atoms with Gasteiger partial charge in [-0.25, -0.2) is 0 Å². The quantitative estimate of drug-likeness (QED) is 0.345. The van der Waals surface area contributed by atoms with Crippen molar-refractivity contribution in [1.82, 2.24) is 14.8 Å². The molecule has 0 bridgehead atoms. The number of rotatable bonds is 10. The van der Waals surface area contributed by atoms with Crippen LogP contribution >= 0.6 is 23.4 Å². The molecule has 0 aliphatic heterocycles. The Morgan fingerprint density at radius 1 is 1.14 bits per heavy atom. The smallest absolute Gasteiger partial charge is 0.191 e. The second-order valence-corrected chi connectivity index (χ2v) is 7.59. The van der Waals surface area contributed by atoms with Crippen molar-refractivity contribution in [2.45, 2.75) is 18.1 Å². The molecule has 0 aliphatic rings. The third-order valence-electron chi connectivity index (χ3n) is 4.11. The Labute approximate surface area is 179 Å². The first-order valence-corrected chi connectivity index (χ1v) is 10.5. The van der Waals surface area contributed by atoms with Gasteiger partial charge in [-0.2, -0.15) is 5.26 Å². The van der Waals surface area contributed by atoms with Crippen LogP contribution in [-0.4, -0.2) is 40.8 Å². The number of methoxy groups -OCH3 is 1. The van der Waals surface area contributed by atoms with Crippen LogP contribution in [-0.2, 0) is 11.3 Å². The lowest BCUT2D eigenvalue weighted by atomic mass is 10.2. The summed E-state index contributed by atoms with van der Waals surface area (Å²) in [6, 6.07) is 16.9. The molecule has 1 heterocycles. The maximum Gasteiger partial charge on any atom is 0.191 e. The standard InChI is InChI=1S/C21H21ClN4O2S/c1-27-11-5-10-26-20(18-8-2-3-9-19(18)22)24-25-21(26)29-13-12-28-17-7-4-6-16(14-17)15-23/h2-4,6-9,14H,5,10-13H2,1H3. The lowest BCUT2D eigenvalue weighted by Crippen LogP contribution is -2.07. The van der Waals surface area contributed by atoms with E-state index in [1.54, 1.807) is 31.0 Å². The number of thioether (sulfide) groups is 1. The predicted molar refractivity (Wildman–Crippen MR) is 114 cm³/mol. The predicted octanol–water partition coefficient (Wildman–Crippen LogP) is 4.68. The molecule has 1 aromatic heterocycles. The van der Waals surface area contributed by atoms with Gasteiger partial charge in [0.15, 0.2) is 11.0 Å². The first-order chi connectivity index (χ1) is 14.2. The van der Waals surface area contributed by atoms with Gasteiger partial charge >= 0.3 is 0 Å².